The van der Waals surface area contributed by atoms with Crippen molar-refractivity contribution in [3.8, 4) is 0 Å². The van der Waals surface area contributed by atoms with Gasteiger partial charge in [-0.15, -0.1) is 0 Å². The molecule has 1 aromatic carbocycles. The molecule has 2 N–H and O–H groups in total. The first kappa shape index (κ1) is 14.0. The predicted molar refractivity (Wildman–Crippen MR) is 76.1 cm³/mol. The highest BCUT2D eigenvalue weighted by Crippen LogP contribution is 2.32. The fraction of sp³-hybridized carbons (Fsp3) is 0.533. The van der Waals surface area contributed by atoms with Gasteiger partial charge < -0.3 is 15.4 Å². The summed E-state index contributed by atoms with van der Waals surface area (Å²) in [5.74, 6) is 0.0992. The molecule has 1 aliphatic heterocycles. The van der Waals surface area contributed by atoms with Gasteiger partial charge in [-0.3, -0.25) is 4.79 Å². The summed E-state index contributed by atoms with van der Waals surface area (Å²) in [4.78, 5) is 14.4. The molecule has 0 aliphatic carbocycles. The number of benzene rings is 1. The highest BCUT2D eigenvalue weighted by molar-refractivity contribution is 5.97. The third-order valence-electron chi connectivity index (χ3n) is 4.02. The van der Waals surface area contributed by atoms with E-state index >= 15 is 0 Å². The molecule has 104 valence electrons. The maximum atomic E-state index is 12.7. The summed E-state index contributed by atoms with van der Waals surface area (Å²) in [5.41, 5.74) is 7.51. The maximum Gasteiger partial charge on any atom is 0.234 e. The molecule has 0 spiro atoms. The van der Waals surface area contributed by atoms with E-state index in [1.165, 1.54) is 5.56 Å². The fourth-order valence-electron chi connectivity index (χ4n) is 2.51. The second-order valence-corrected chi connectivity index (χ2v) is 5.30. The van der Waals surface area contributed by atoms with Crippen LogP contribution in [0.4, 0.5) is 5.69 Å². The zero-order valence-electron chi connectivity index (χ0n) is 11.7. The van der Waals surface area contributed by atoms with Gasteiger partial charge in [-0.25, -0.2) is 0 Å². The van der Waals surface area contributed by atoms with Gasteiger partial charge in [0.05, 0.1) is 5.41 Å². The minimum absolute atomic E-state index is 0.0992. The van der Waals surface area contributed by atoms with E-state index in [1.807, 2.05) is 38.2 Å². The molecular weight excluding hydrogens is 240 g/mol. The number of aryl methyl sites for hydroxylation is 1. The Morgan fingerprint density at radius 1 is 1.32 bits per heavy atom. The van der Waals surface area contributed by atoms with E-state index in [-0.39, 0.29) is 5.91 Å². The molecule has 0 bridgehead atoms. The van der Waals surface area contributed by atoms with Crippen molar-refractivity contribution in [2.75, 3.05) is 31.7 Å². The molecule has 2 rings (SSSR count). The monoisotopic (exact) mass is 262 g/mol. The summed E-state index contributed by atoms with van der Waals surface area (Å²) in [6.07, 6.45) is 1.41. The average molecular weight is 262 g/mol. The van der Waals surface area contributed by atoms with Crippen LogP contribution in [0.25, 0.3) is 0 Å². The summed E-state index contributed by atoms with van der Waals surface area (Å²) in [5, 5.41) is 0. The van der Waals surface area contributed by atoms with Crippen LogP contribution in [0.15, 0.2) is 24.3 Å². The van der Waals surface area contributed by atoms with Crippen molar-refractivity contribution in [2.24, 2.45) is 11.1 Å². The summed E-state index contributed by atoms with van der Waals surface area (Å²) < 4.78 is 5.35. The van der Waals surface area contributed by atoms with Crippen LogP contribution < -0.4 is 10.6 Å². The third kappa shape index (κ3) is 2.80. The van der Waals surface area contributed by atoms with Crippen LogP contribution in [-0.4, -0.2) is 32.7 Å². The molecular formula is C15H22N2O2. The molecule has 0 unspecified atom stereocenters. The quantitative estimate of drug-likeness (QED) is 0.902. The second kappa shape index (κ2) is 5.72. The lowest BCUT2D eigenvalue weighted by molar-refractivity contribution is -0.132. The first-order valence-electron chi connectivity index (χ1n) is 6.72. The summed E-state index contributed by atoms with van der Waals surface area (Å²) >= 11 is 0. The van der Waals surface area contributed by atoms with Gasteiger partial charge in [-0.05, 0) is 31.9 Å². The molecule has 1 aromatic rings. The largest absolute Gasteiger partial charge is 0.381 e. The Balaban J connectivity index is 2.19. The van der Waals surface area contributed by atoms with Crippen LogP contribution in [0.3, 0.4) is 0 Å². The topological polar surface area (TPSA) is 55.6 Å². The minimum atomic E-state index is -0.460. The van der Waals surface area contributed by atoms with E-state index < -0.39 is 5.41 Å². The molecule has 1 heterocycles. The van der Waals surface area contributed by atoms with Crippen LogP contribution in [0, 0.1) is 12.3 Å². The van der Waals surface area contributed by atoms with Crippen LogP contribution in [0.2, 0.25) is 0 Å². The van der Waals surface area contributed by atoms with Crippen molar-refractivity contribution in [2.45, 2.75) is 19.8 Å². The van der Waals surface area contributed by atoms with E-state index in [4.69, 9.17) is 10.5 Å². The molecule has 4 heteroatoms. The van der Waals surface area contributed by atoms with Crippen LogP contribution >= 0.6 is 0 Å². The fourth-order valence-corrected chi connectivity index (χ4v) is 2.51. The van der Waals surface area contributed by atoms with Gasteiger partial charge in [0, 0.05) is 32.5 Å². The average Bonchev–Trinajstić information content (AvgIpc) is 2.47. The van der Waals surface area contributed by atoms with Crippen molar-refractivity contribution in [3.63, 3.8) is 0 Å². The third-order valence-corrected chi connectivity index (χ3v) is 4.02. The Hall–Kier alpha value is -1.39. The number of ether oxygens (including phenoxy) is 1. The molecule has 0 saturated carbocycles. The van der Waals surface area contributed by atoms with Crippen LogP contribution in [-0.2, 0) is 9.53 Å². The predicted octanol–water partition coefficient (Wildman–Crippen LogP) is 1.71. The number of hydrogen-bond donors (Lipinski definition) is 1. The number of rotatable bonds is 3. The molecule has 1 amide bonds. The Labute approximate surface area is 114 Å². The highest BCUT2D eigenvalue weighted by Gasteiger charge is 2.40. The lowest BCUT2D eigenvalue weighted by atomic mass is 9.79. The van der Waals surface area contributed by atoms with Crippen LogP contribution in [0.5, 0.6) is 0 Å². The summed E-state index contributed by atoms with van der Waals surface area (Å²) in [7, 11) is 1.82. The summed E-state index contributed by atoms with van der Waals surface area (Å²) in [6.45, 7) is 3.65. The van der Waals surface area contributed by atoms with Gasteiger partial charge >= 0.3 is 0 Å². The van der Waals surface area contributed by atoms with E-state index in [1.54, 1.807) is 4.90 Å². The standard InChI is InChI=1S/C15H22N2O2/c1-12-3-5-13(6-4-12)17(2)14(18)15(11-16)7-9-19-10-8-15/h3-6H,7-11,16H2,1-2H3. The van der Waals surface area contributed by atoms with Crippen LogP contribution in [0.1, 0.15) is 18.4 Å². The Morgan fingerprint density at radius 2 is 1.89 bits per heavy atom. The van der Waals surface area contributed by atoms with Crippen molar-refractivity contribution >= 4 is 11.6 Å². The van der Waals surface area contributed by atoms with Gasteiger partial charge in [0.15, 0.2) is 0 Å². The maximum absolute atomic E-state index is 12.7. The van der Waals surface area contributed by atoms with Crippen molar-refractivity contribution in [1.29, 1.82) is 0 Å². The van der Waals surface area contributed by atoms with Gasteiger partial charge in [-0.2, -0.15) is 0 Å². The number of anilines is 1. The Kier molecular flexibility index (Phi) is 4.22. The first-order chi connectivity index (χ1) is 9.09. The SMILES string of the molecule is Cc1ccc(N(C)C(=O)C2(CN)CCOCC2)cc1. The number of carbonyl (C=O) groups is 1. The number of nitrogens with zero attached hydrogens (tertiary/aromatic N) is 1. The Bertz CT molecular complexity index is 436. The molecule has 0 radical (unpaired) electrons. The number of carbonyl (C=O) groups excluding carboxylic acids is 1. The van der Waals surface area contributed by atoms with E-state index in [0.717, 1.165) is 5.69 Å². The minimum Gasteiger partial charge on any atom is -0.381 e. The van der Waals surface area contributed by atoms with E-state index in [2.05, 4.69) is 0 Å². The highest BCUT2D eigenvalue weighted by atomic mass is 16.5. The molecule has 0 atom stereocenters. The zero-order chi connectivity index (χ0) is 13.9. The zero-order valence-corrected chi connectivity index (χ0v) is 11.7. The molecule has 1 saturated heterocycles. The molecule has 4 nitrogen and oxygen atoms in total. The van der Waals surface area contributed by atoms with Crippen molar-refractivity contribution in [3.05, 3.63) is 29.8 Å². The molecule has 19 heavy (non-hydrogen) atoms. The van der Waals surface area contributed by atoms with Crippen molar-refractivity contribution in [1.82, 2.24) is 0 Å². The van der Waals surface area contributed by atoms with E-state index in [0.29, 0.717) is 32.6 Å². The molecule has 0 aromatic heterocycles. The van der Waals surface area contributed by atoms with E-state index in [9.17, 15) is 4.79 Å². The van der Waals surface area contributed by atoms with Gasteiger partial charge in [0.2, 0.25) is 5.91 Å². The lowest BCUT2D eigenvalue weighted by Gasteiger charge is -2.37. The smallest absolute Gasteiger partial charge is 0.234 e. The Morgan fingerprint density at radius 3 is 2.42 bits per heavy atom. The molecule has 1 aliphatic rings. The number of hydrogen-bond acceptors (Lipinski definition) is 3. The van der Waals surface area contributed by atoms with Gasteiger partial charge in [-0.1, -0.05) is 17.7 Å². The lowest BCUT2D eigenvalue weighted by Crippen LogP contribution is -2.49. The number of nitrogens with two attached hydrogens (primary N) is 1. The van der Waals surface area contributed by atoms with Gasteiger partial charge in [0.1, 0.15) is 0 Å². The first-order valence-corrected chi connectivity index (χ1v) is 6.72. The second-order valence-electron chi connectivity index (χ2n) is 5.30. The number of amides is 1. The van der Waals surface area contributed by atoms with Crippen molar-refractivity contribution < 1.29 is 9.53 Å². The summed E-state index contributed by atoms with van der Waals surface area (Å²) in [6, 6.07) is 7.96. The van der Waals surface area contributed by atoms with Gasteiger partial charge in [0.25, 0.3) is 0 Å². The molecule has 1 fully saturated rings. The normalized spacial score (nSPS) is 18.1.